The van der Waals surface area contributed by atoms with Crippen LogP contribution < -0.4 is 5.32 Å². The van der Waals surface area contributed by atoms with E-state index in [2.05, 4.69) is 25.3 Å². The molecule has 7 nitrogen and oxygen atoms in total. The van der Waals surface area contributed by atoms with Crippen molar-refractivity contribution in [2.75, 3.05) is 5.32 Å². The first kappa shape index (κ1) is 21.2. The van der Waals surface area contributed by atoms with Gasteiger partial charge in [0.2, 0.25) is 0 Å². The zero-order chi connectivity index (χ0) is 22.8. The predicted octanol–water partition coefficient (Wildman–Crippen LogP) is 5.65. The van der Waals surface area contributed by atoms with Crippen LogP contribution in [-0.2, 0) is 5.75 Å². The fourth-order valence-corrected chi connectivity index (χ4v) is 4.35. The summed E-state index contributed by atoms with van der Waals surface area (Å²) in [7, 11) is 0. The number of anilines is 1. The molecule has 0 unspecified atom stereocenters. The third kappa shape index (κ3) is 4.62. The minimum Gasteiger partial charge on any atom is -0.341 e. The lowest BCUT2D eigenvalue weighted by Gasteiger charge is -2.12. The number of carbonyl (C=O) groups is 1. The second-order valence-corrected chi connectivity index (χ2v) is 8.78. The van der Waals surface area contributed by atoms with Crippen LogP contribution in [0.25, 0.3) is 16.7 Å². The number of H-pyrrole nitrogens is 1. The number of carbonyl (C=O) groups excluding carboxylic acids is 1. The number of fused-ring (bicyclic) bond motifs is 1. The molecule has 3 aromatic heterocycles. The van der Waals surface area contributed by atoms with E-state index < -0.39 is 0 Å². The Balaban J connectivity index is 1.45. The summed E-state index contributed by atoms with van der Waals surface area (Å²) in [6.45, 7) is 1.94. The zero-order valence-electron chi connectivity index (χ0n) is 17.6. The van der Waals surface area contributed by atoms with Gasteiger partial charge in [-0.2, -0.15) is 0 Å². The van der Waals surface area contributed by atoms with Crippen molar-refractivity contribution in [1.29, 1.82) is 0 Å². The van der Waals surface area contributed by atoms with Crippen LogP contribution in [0, 0.1) is 6.92 Å². The van der Waals surface area contributed by atoms with Crippen molar-refractivity contribution in [2.45, 2.75) is 17.8 Å². The number of para-hydroxylation sites is 2. The number of amides is 1. The second-order valence-electron chi connectivity index (χ2n) is 7.40. The normalized spacial score (nSPS) is 11.1. The van der Waals surface area contributed by atoms with Gasteiger partial charge in [-0.05, 0) is 55.0 Å². The Hall–Kier alpha value is -3.62. The van der Waals surface area contributed by atoms with E-state index in [-0.39, 0.29) is 5.91 Å². The van der Waals surface area contributed by atoms with E-state index in [0.29, 0.717) is 27.4 Å². The molecular formula is C24H19ClN6OS. The zero-order valence-corrected chi connectivity index (χ0v) is 19.2. The number of rotatable bonds is 6. The van der Waals surface area contributed by atoms with Gasteiger partial charge in [-0.1, -0.05) is 41.6 Å². The molecule has 1 amide bonds. The molecule has 0 aliphatic rings. The van der Waals surface area contributed by atoms with Gasteiger partial charge in [-0.3, -0.25) is 9.36 Å². The highest BCUT2D eigenvalue weighted by atomic mass is 35.5. The molecule has 0 bridgehead atoms. The van der Waals surface area contributed by atoms with Crippen LogP contribution in [-0.4, -0.2) is 30.4 Å². The van der Waals surface area contributed by atoms with E-state index >= 15 is 0 Å². The van der Waals surface area contributed by atoms with Crippen LogP contribution in [0.2, 0.25) is 5.02 Å². The molecular weight excluding hydrogens is 456 g/mol. The molecule has 2 aromatic carbocycles. The number of thioether (sulfide) groups is 1. The molecule has 33 heavy (non-hydrogen) atoms. The molecule has 5 rings (SSSR count). The maximum absolute atomic E-state index is 13.1. The van der Waals surface area contributed by atoms with Gasteiger partial charge in [0.15, 0.2) is 5.16 Å². The van der Waals surface area contributed by atoms with Crippen molar-refractivity contribution in [1.82, 2.24) is 24.5 Å². The lowest BCUT2D eigenvalue weighted by molar-refractivity contribution is 0.101. The summed E-state index contributed by atoms with van der Waals surface area (Å²) in [4.78, 5) is 29.8. The number of aromatic amines is 1. The topological polar surface area (TPSA) is 88.5 Å². The fourth-order valence-electron chi connectivity index (χ4n) is 3.37. The first-order chi connectivity index (χ1) is 16.1. The van der Waals surface area contributed by atoms with E-state index in [1.807, 2.05) is 54.0 Å². The van der Waals surface area contributed by atoms with Gasteiger partial charge in [0, 0.05) is 16.9 Å². The third-order valence-corrected chi connectivity index (χ3v) is 6.19. The van der Waals surface area contributed by atoms with Crippen LogP contribution in [0.3, 0.4) is 0 Å². The number of nitrogens with one attached hydrogen (secondary N) is 2. The summed E-state index contributed by atoms with van der Waals surface area (Å²) < 4.78 is 1.81. The van der Waals surface area contributed by atoms with E-state index in [0.717, 1.165) is 28.1 Å². The second kappa shape index (κ2) is 9.09. The summed E-state index contributed by atoms with van der Waals surface area (Å²) in [5.74, 6) is 1.58. The Bertz CT molecular complexity index is 1390. The first-order valence-corrected chi connectivity index (χ1v) is 11.6. The van der Waals surface area contributed by atoms with Crippen LogP contribution in [0.1, 0.15) is 21.9 Å². The average Bonchev–Trinajstić information content (AvgIpc) is 3.43. The Morgan fingerprint density at radius 1 is 1.06 bits per heavy atom. The van der Waals surface area contributed by atoms with Crippen LogP contribution in [0.5, 0.6) is 0 Å². The van der Waals surface area contributed by atoms with E-state index in [4.69, 9.17) is 11.6 Å². The number of halogens is 1. The number of pyridine rings is 1. The lowest BCUT2D eigenvalue weighted by Crippen LogP contribution is -2.17. The van der Waals surface area contributed by atoms with Gasteiger partial charge in [-0.25, -0.2) is 15.0 Å². The maximum Gasteiger partial charge on any atom is 0.275 e. The molecule has 0 aliphatic carbocycles. The Morgan fingerprint density at radius 3 is 2.64 bits per heavy atom. The summed E-state index contributed by atoms with van der Waals surface area (Å²) in [6, 6.07) is 18.8. The fraction of sp³-hybridized carbons (Fsp3) is 0.0833. The number of benzene rings is 2. The van der Waals surface area contributed by atoms with Gasteiger partial charge in [0.05, 0.1) is 23.0 Å². The Kier molecular flexibility index (Phi) is 5.85. The van der Waals surface area contributed by atoms with Crippen molar-refractivity contribution in [2.24, 2.45) is 0 Å². The quantitative estimate of drug-likeness (QED) is 0.310. The van der Waals surface area contributed by atoms with Crippen molar-refractivity contribution < 1.29 is 4.79 Å². The molecule has 0 saturated carbocycles. The maximum atomic E-state index is 13.1. The molecule has 0 atom stereocenters. The smallest absolute Gasteiger partial charge is 0.275 e. The van der Waals surface area contributed by atoms with Crippen molar-refractivity contribution >= 4 is 46.1 Å². The Morgan fingerprint density at radius 2 is 1.88 bits per heavy atom. The minimum atomic E-state index is -0.301. The summed E-state index contributed by atoms with van der Waals surface area (Å²) in [5, 5.41) is 4.13. The molecule has 0 saturated heterocycles. The molecule has 0 spiro atoms. The third-order valence-electron chi connectivity index (χ3n) is 4.98. The number of aromatic nitrogens is 5. The molecule has 2 N–H and O–H groups in total. The summed E-state index contributed by atoms with van der Waals surface area (Å²) in [5.41, 5.74) is 4.10. The van der Waals surface area contributed by atoms with Crippen LogP contribution in [0.4, 0.5) is 5.82 Å². The largest absolute Gasteiger partial charge is 0.341 e. The highest BCUT2D eigenvalue weighted by molar-refractivity contribution is 7.98. The predicted molar refractivity (Wildman–Crippen MR) is 131 cm³/mol. The van der Waals surface area contributed by atoms with E-state index in [1.165, 1.54) is 11.8 Å². The number of nitrogens with zero attached hydrogens (tertiary/aromatic N) is 4. The molecule has 164 valence electrons. The van der Waals surface area contributed by atoms with Crippen LogP contribution >= 0.6 is 23.4 Å². The monoisotopic (exact) mass is 474 g/mol. The summed E-state index contributed by atoms with van der Waals surface area (Å²) in [6.07, 6.45) is 3.28. The van der Waals surface area contributed by atoms with Crippen LogP contribution in [0.15, 0.2) is 78.2 Å². The molecule has 0 aliphatic heterocycles. The van der Waals surface area contributed by atoms with Crippen molar-refractivity contribution in [3.05, 3.63) is 95.2 Å². The highest BCUT2D eigenvalue weighted by Gasteiger charge is 2.19. The molecule has 3 heterocycles. The van der Waals surface area contributed by atoms with E-state index in [1.54, 1.807) is 30.6 Å². The number of hydrogen-bond donors (Lipinski definition) is 2. The Labute approximate surface area is 199 Å². The van der Waals surface area contributed by atoms with Crippen molar-refractivity contribution in [3.63, 3.8) is 0 Å². The molecule has 9 heteroatoms. The van der Waals surface area contributed by atoms with Gasteiger partial charge < -0.3 is 10.3 Å². The SMILES string of the molecule is Cc1ccc(NC(=O)c2cnc(SCc3nc4ccccc4[nH]3)n2-c2ccc(Cl)cc2)nc1. The summed E-state index contributed by atoms with van der Waals surface area (Å²) >= 11 is 7.58. The van der Waals surface area contributed by atoms with Gasteiger partial charge in [0.1, 0.15) is 17.3 Å². The van der Waals surface area contributed by atoms with Gasteiger partial charge in [0.25, 0.3) is 5.91 Å². The number of hydrogen-bond acceptors (Lipinski definition) is 5. The van der Waals surface area contributed by atoms with Gasteiger partial charge >= 0.3 is 0 Å². The van der Waals surface area contributed by atoms with E-state index in [9.17, 15) is 4.79 Å². The minimum absolute atomic E-state index is 0.301. The number of aryl methyl sites for hydroxylation is 1. The molecule has 5 aromatic rings. The molecule has 0 radical (unpaired) electrons. The van der Waals surface area contributed by atoms with Crippen molar-refractivity contribution in [3.8, 4) is 5.69 Å². The highest BCUT2D eigenvalue weighted by Crippen LogP contribution is 2.27. The standard InChI is InChI=1S/C24H19ClN6OS/c1-15-6-11-21(26-12-15)30-23(32)20-13-27-24(31(20)17-9-7-16(25)8-10-17)33-14-22-28-18-4-2-3-5-19(18)29-22/h2-13H,14H2,1H3,(H,28,29)(H,26,30,32). The average molecular weight is 475 g/mol. The molecule has 0 fully saturated rings. The first-order valence-electron chi connectivity index (χ1n) is 10.2. The lowest BCUT2D eigenvalue weighted by atomic mass is 10.3. The van der Waals surface area contributed by atoms with Gasteiger partial charge in [-0.15, -0.1) is 0 Å². The number of imidazole rings is 2.